The van der Waals surface area contributed by atoms with Crippen molar-refractivity contribution < 1.29 is 29.0 Å². The van der Waals surface area contributed by atoms with Gasteiger partial charge in [-0.2, -0.15) is 0 Å². The molecule has 0 radical (unpaired) electrons. The van der Waals surface area contributed by atoms with Crippen LogP contribution < -0.4 is 10.6 Å². The Morgan fingerprint density at radius 1 is 1.32 bits per heavy atom. The molecule has 2 unspecified atom stereocenters. The number of hydrogen-bond donors (Lipinski definition) is 3. The molecule has 4 atom stereocenters. The van der Waals surface area contributed by atoms with Gasteiger partial charge in [0.1, 0.15) is 17.6 Å². The summed E-state index contributed by atoms with van der Waals surface area (Å²) >= 11 is 0. The van der Waals surface area contributed by atoms with Crippen LogP contribution in [0.3, 0.4) is 0 Å². The Balaban J connectivity index is 2.18. The number of carbonyl (C=O) groups excluding carboxylic acids is 3. The van der Waals surface area contributed by atoms with Crippen molar-refractivity contribution in [3.63, 3.8) is 0 Å². The molecular formula is C19H29N3O6. The first kappa shape index (κ1) is 21.7. The standard InChI is InChI=1S/C19H29N3O6/c1-6-11-10-19(11,16(25)28-5)21-14(23)12-8-7-9-22(12)15(24)13(18(2,3)4)20-17(26)27/h6,11-13,20H,1,7-10H2,2-5H3,(H,21,23)(H,26,27)/t11?,12-,13+,19?/m0/s1. The van der Waals surface area contributed by atoms with Crippen molar-refractivity contribution in [1.29, 1.82) is 0 Å². The van der Waals surface area contributed by atoms with Crippen molar-refractivity contribution in [3.05, 3.63) is 12.7 Å². The number of ether oxygens (including phenoxy) is 1. The number of methoxy groups -OCH3 is 1. The molecule has 1 saturated carbocycles. The molecule has 2 aliphatic rings. The molecule has 156 valence electrons. The van der Waals surface area contributed by atoms with E-state index >= 15 is 0 Å². The molecule has 28 heavy (non-hydrogen) atoms. The molecule has 9 nitrogen and oxygen atoms in total. The maximum atomic E-state index is 13.0. The Labute approximate surface area is 164 Å². The highest BCUT2D eigenvalue weighted by Gasteiger charge is 2.61. The summed E-state index contributed by atoms with van der Waals surface area (Å²) in [6.07, 6.45) is 1.76. The number of hydrogen-bond acceptors (Lipinski definition) is 5. The minimum absolute atomic E-state index is 0.217. The van der Waals surface area contributed by atoms with Crippen LogP contribution >= 0.6 is 0 Å². The minimum Gasteiger partial charge on any atom is -0.467 e. The number of carbonyl (C=O) groups is 4. The average molecular weight is 395 g/mol. The average Bonchev–Trinajstić information content (AvgIpc) is 3.10. The Hall–Kier alpha value is -2.58. The van der Waals surface area contributed by atoms with E-state index in [0.29, 0.717) is 25.8 Å². The fraction of sp³-hybridized carbons (Fsp3) is 0.684. The molecule has 3 N–H and O–H groups in total. The predicted molar refractivity (Wildman–Crippen MR) is 100 cm³/mol. The van der Waals surface area contributed by atoms with E-state index in [1.165, 1.54) is 12.0 Å². The summed E-state index contributed by atoms with van der Waals surface area (Å²) in [5, 5.41) is 14.1. The van der Waals surface area contributed by atoms with Gasteiger partial charge in [0.15, 0.2) is 0 Å². The van der Waals surface area contributed by atoms with E-state index in [1.807, 2.05) is 0 Å². The van der Waals surface area contributed by atoms with Crippen LogP contribution in [0, 0.1) is 11.3 Å². The Kier molecular flexibility index (Phi) is 6.06. The summed E-state index contributed by atoms with van der Waals surface area (Å²) < 4.78 is 4.82. The summed E-state index contributed by atoms with van der Waals surface area (Å²) in [5.74, 6) is -1.65. The SMILES string of the molecule is C=CC1CC1(NC(=O)[C@@H]1CCCN1C(=O)[C@@H](NC(=O)O)C(C)(C)C)C(=O)OC. The zero-order valence-electron chi connectivity index (χ0n) is 16.8. The van der Waals surface area contributed by atoms with E-state index in [0.717, 1.165) is 0 Å². The lowest BCUT2D eigenvalue weighted by molar-refractivity contribution is -0.148. The van der Waals surface area contributed by atoms with Gasteiger partial charge in [-0.05, 0) is 24.7 Å². The van der Waals surface area contributed by atoms with Gasteiger partial charge in [0, 0.05) is 12.5 Å². The first-order valence-corrected chi connectivity index (χ1v) is 9.31. The molecule has 0 aromatic carbocycles. The van der Waals surface area contributed by atoms with E-state index in [1.54, 1.807) is 26.8 Å². The molecule has 0 aromatic heterocycles. The molecular weight excluding hydrogens is 366 g/mol. The summed E-state index contributed by atoms with van der Waals surface area (Å²) in [4.78, 5) is 50.6. The van der Waals surface area contributed by atoms with Gasteiger partial charge in [-0.3, -0.25) is 9.59 Å². The van der Waals surface area contributed by atoms with E-state index in [4.69, 9.17) is 9.84 Å². The molecule has 3 amide bonds. The van der Waals surface area contributed by atoms with Crippen LogP contribution in [0.1, 0.15) is 40.0 Å². The van der Waals surface area contributed by atoms with Gasteiger partial charge in [-0.25, -0.2) is 9.59 Å². The zero-order valence-corrected chi connectivity index (χ0v) is 16.8. The van der Waals surface area contributed by atoms with E-state index < -0.39 is 46.9 Å². The summed E-state index contributed by atoms with van der Waals surface area (Å²) in [6, 6.07) is -1.75. The molecule has 2 rings (SSSR count). The van der Waals surface area contributed by atoms with Crippen molar-refractivity contribution >= 4 is 23.9 Å². The molecule has 1 heterocycles. The number of esters is 1. The van der Waals surface area contributed by atoms with E-state index in [-0.39, 0.29) is 5.92 Å². The quantitative estimate of drug-likeness (QED) is 0.453. The van der Waals surface area contributed by atoms with Crippen LogP contribution in [-0.4, -0.2) is 65.2 Å². The lowest BCUT2D eigenvalue weighted by Crippen LogP contribution is -2.59. The van der Waals surface area contributed by atoms with Crippen LogP contribution in [0.2, 0.25) is 0 Å². The van der Waals surface area contributed by atoms with Crippen LogP contribution in [0.4, 0.5) is 4.79 Å². The molecule has 0 bridgehead atoms. The molecule has 2 fully saturated rings. The lowest BCUT2D eigenvalue weighted by Gasteiger charge is -2.35. The van der Waals surface area contributed by atoms with E-state index in [9.17, 15) is 19.2 Å². The zero-order chi connectivity index (χ0) is 21.3. The number of amides is 3. The number of carboxylic acid groups (broad SMARTS) is 1. The number of nitrogens with zero attached hydrogens (tertiary/aromatic N) is 1. The summed E-state index contributed by atoms with van der Waals surface area (Å²) in [6.45, 7) is 9.28. The second kappa shape index (κ2) is 7.81. The van der Waals surface area contributed by atoms with Gasteiger partial charge in [0.25, 0.3) is 0 Å². The van der Waals surface area contributed by atoms with Crippen molar-refractivity contribution in [2.45, 2.75) is 57.7 Å². The smallest absolute Gasteiger partial charge is 0.405 e. The molecule has 0 aromatic rings. The Morgan fingerprint density at radius 2 is 1.96 bits per heavy atom. The van der Waals surface area contributed by atoms with Gasteiger partial charge in [-0.15, -0.1) is 6.58 Å². The third-order valence-electron chi connectivity index (χ3n) is 5.41. The maximum Gasteiger partial charge on any atom is 0.405 e. The number of nitrogens with one attached hydrogen (secondary N) is 2. The second-order valence-electron chi connectivity index (χ2n) is 8.44. The lowest BCUT2D eigenvalue weighted by atomic mass is 9.85. The highest BCUT2D eigenvalue weighted by atomic mass is 16.5. The number of likely N-dealkylation sites (tertiary alicyclic amines) is 1. The third-order valence-corrected chi connectivity index (χ3v) is 5.41. The predicted octanol–water partition coefficient (Wildman–Crippen LogP) is 0.894. The highest BCUT2D eigenvalue weighted by molar-refractivity contribution is 5.96. The van der Waals surface area contributed by atoms with Crippen LogP contribution in [-0.2, 0) is 19.1 Å². The first-order chi connectivity index (χ1) is 13.0. The van der Waals surface area contributed by atoms with Gasteiger partial charge >= 0.3 is 12.1 Å². The van der Waals surface area contributed by atoms with Gasteiger partial charge in [0.05, 0.1) is 7.11 Å². The largest absolute Gasteiger partial charge is 0.467 e. The molecule has 0 spiro atoms. The van der Waals surface area contributed by atoms with Crippen LogP contribution in [0.25, 0.3) is 0 Å². The maximum absolute atomic E-state index is 13.0. The topological polar surface area (TPSA) is 125 Å². The summed E-state index contributed by atoms with van der Waals surface area (Å²) in [5.41, 5.74) is -1.80. The Bertz CT molecular complexity index is 686. The third kappa shape index (κ3) is 4.13. The van der Waals surface area contributed by atoms with Gasteiger partial charge in [-0.1, -0.05) is 26.8 Å². The van der Waals surface area contributed by atoms with Crippen molar-refractivity contribution in [2.24, 2.45) is 11.3 Å². The number of rotatable bonds is 6. The minimum atomic E-state index is -1.30. The van der Waals surface area contributed by atoms with Crippen molar-refractivity contribution in [3.8, 4) is 0 Å². The fourth-order valence-electron chi connectivity index (χ4n) is 3.73. The molecule has 1 saturated heterocycles. The molecule has 9 heteroatoms. The monoisotopic (exact) mass is 395 g/mol. The van der Waals surface area contributed by atoms with Gasteiger partial charge in [0.2, 0.25) is 11.8 Å². The van der Waals surface area contributed by atoms with Crippen LogP contribution in [0.5, 0.6) is 0 Å². The fourth-order valence-corrected chi connectivity index (χ4v) is 3.73. The summed E-state index contributed by atoms with van der Waals surface area (Å²) in [7, 11) is 1.26. The van der Waals surface area contributed by atoms with E-state index in [2.05, 4.69) is 17.2 Å². The van der Waals surface area contributed by atoms with Crippen molar-refractivity contribution in [1.82, 2.24) is 15.5 Å². The molecule has 1 aliphatic heterocycles. The second-order valence-corrected chi connectivity index (χ2v) is 8.44. The van der Waals surface area contributed by atoms with Crippen molar-refractivity contribution in [2.75, 3.05) is 13.7 Å². The first-order valence-electron chi connectivity index (χ1n) is 9.31. The van der Waals surface area contributed by atoms with Gasteiger partial charge < -0.3 is 25.4 Å². The normalized spacial score (nSPS) is 27.5. The Morgan fingerprint density at radius 3 is 2.43 bits per heavy atom. The highest BCUT2D eigenvalue weighted by Crippen LogP contribution is 2.45. The van der Waals surface area contributed by atoms with Crippen LogP contribution in [0.15, 0.2) is 12.7 Å². The molecule has 1 aliphatic carbocycles.